The second-order valence-electron chi connectivity index (χ2n) is 7.43. The third kappa shape index (κ3) is 4.77. The van der Waals surface area contributed by atoms with E-state index in [1.807, 2.05) is 12.1 Å². The molecular weight excluding hydrogens is 368 g/mol. The van der Waals surface area contributed by atoms with Crippen LogP contribution in [0.15, 0.2) is 30.3 Å². The van der Waals surface area contributed by atoms with E-state index in [4.69, 9.17) is 18.9 Å². The predicted molar refractivity (Wildman–Crippen MR) is 115 cm³/mol. The van der Waals surface area contributed by atoms with Gasteiger partial charge in [0.05, 0.1) is 34.0 Å². The number of hydrogen-bond acceptors (Lipinski definition) is 6. The molecule has 0 bridgehead atoms. The van der Waals surface area contributed by atoms with Gasteiger partial charge >= 0.3 is 0 Å². The lowest BCUT2D eigenvalue weighted by molar-refractivity contribution is 0.267. The molecule has 0 radical (unpaired) electrons. The van der Waals surface area contributed by atoms with Crippen molar-refractivity contribution < 1.29 is 18.9 Å². The fourth-order valence-electron chi connectivity index (χ4n) is 3.82. The third-order valence-corrected chi connectivity index (χ3v) is 5.23. The Bertz CT molecular complexity index is 823. The number of benzene rings is 2. The highest BCUT2D eigenvalue weighted by Gasteiger charge is 2.27. The zero-order valence-electron chi connectivity index (χ0n) is 18.1. The van der Waals surface area contributed by atoms with E-state index in [2.05, 4.69) is 42.5 Å². The number of nitrogens with zero attached hydrogens (tertiary/aromatic N) is 1. The molecule has 3 rings (SSSR count). The summed E-state index contributed by atoms with van der Waals surface area (Å²) in [5.74, 6) is 3.05. The SMILES string of the molecule is COc1cc2c(cc1OCCCN(C)C)C(c1cccc(OC)c1OC)NCC2. The summed E-state index contributed by atoms with van der Waals surface area (Å²) in [7, 11) is 9.17. The molecule has 0 saturated heterocycles. The van der Waals surface area contributed by atoms with Crippen LogP contribution >= 0.6 is 0 Å². The highest BCUT2D eigenvalue weighted by molar-refractivity contribution is 5.56. The molecule has 1 atom stereocenters. The van der Waals surface area contributed by atoms with Crippen molar-refractivity contribution in [3.63, 3.8) is 0 Å². The van der Waals surface area contributed by atoms with Gasteiger partial charge in [0.25, 0.3) is 0 Å². The van der Waals surface area contributed by atoms with Crippen LogP contribution in [-0.2, 0) is 6.42 Å². The van der Waals surface area contributed by atoms with Crippen LogP contribution in [0.2, 0.25) is 0 Å². The van der Waals surface area contributed by atoms with Gasteiger partial charge in [0, 0.05) is 18.7 Å². The second kappa shape index (κ2) is 9.85. The number of nitrogens with one attached hydrogen (secondary N) is 1. The Balaban J connectivity index is 1.95. The molecule has 6 nitrogen and oxygen atoms in total. The molecule has 1 unspecified atom stereocenters. The number of hydrogen-bond donors (Lipinski definition) is 1. The predicted octanol–water partition coefficient (Wildman–Crippen LogP) is 3.28. The lowest BCUT2D eigenvalue weighted by atomic mass is 9.88. The summed E-state index contributed by atoms with van der Waals surface area (Å²) < 4.78 is 22.9. The van der Waals surface area contributed by atoms with Gasteiger partial charge in [-0.25, -0.2) is 0 Å². The standard InChI is InChI=1S/C23H32N2O4/c1-25(2)12-7-13-29-21-15-18-16(14-20(21)27-4)10-11-24-22(18)17-8-6-9-19(26-3)23(17)28-5/h6,8-9,14-15,22,24H,7,10-13H2,1-5H3. The molecule has 0 aliphatic carbocycles. The largest absolute Gasteiger partial charge is 0.493 e. The summed E-state index contributed by atoms with van der Waals surface area (Å²) in [4.78, 5) is 2.16. The van der Waals surface area contributed by atoms with Crippen molar-refractivity contribution in [1.29, 1.82) is 0 Å². The minimum absolute atomic E-state index is 0.00108. The minimum Gasteiger partial charge on any atom is -0.493 e. The Morgan fingerprint density at radius 2 is 1.76 bits per heavy atom. The Morgan fingerprint density at radius 3 is 2.45 bits per heavy atom. The molecule has 6 heteroatoms. The topological polar surface area (TPSA) is 52.2 Å². The maximum Gasteiger partial charge on any atom is 0.165 e. The molecule has 0 amide bonds. The van der Waals surface area contributed by atoms with Gasteiger partial charge in [0.15, 0.2) is 23.0 Å². The number of rotatable bonds is 9. The van der Waals surface area contributed by atoms with Crippen LogP contribution in [0, 0.1) is 0 Å². The van der Waals surface area contributed by atoms with Crippen LogP contribution in [0.5, 0.6) is 23.0 Å². The van der Waals surface area contributed by atoms with E-state index in [0.29, 0.717) is 6.61 Å². The average Bonchev–Trinajstić information content (AvgIpc) is 2.74. The summed E-state index contributed by atoms with van der Waals surface area (Å²) in [5, 5.41) is 3.63. The van der Waals surface area contributed by atoms with Gasteiger partial charge in [-0.3, -0.25) is 0 Å². The quantitative estimate of drug-likeness (QED) is 0.652. The zero-order chi connectivity index (χ0) is 20.8. The lowest BCUT2D eigenvalue weighted by Crippen LogP contribution is -2.31. The van der Waals surface area contributed by atoms with E-state index in [-0.39, 0.29) is 6.04 Å². The molecule has 0 saturated carbocycles. The smallest absolute Gasteiger partial charge is 0.165 e. The summed E-state index contributed by atoms with van der Waals surface area (Å²) >= 11 is 0. The van der Waals surface area contributed by atoms with Gasteiger partial charge in [0.1, 0.15) is 0 Å². The first-order valence-corrected chi connectivity index (χ1v) is 10.0. The Morgan fingerprint density at radius 1 is 0.966 bits per heavy atom. The fourth-order valence-corrected chi connectivity index (χ4v) is 3.82. The van der Waals surface area contributed by atoms with Crippen LogP contribution in [0.4, 0.5) is 0 Å². The van der Waals surface area contributed by atoms with E-state index >= 15 is 0 Å². The maximum atomic E-state index is 6.09. The molecule has 1 heterocycles. The molecule has 0 aromatic heterocycles. The fraction of sp³-hybridized carbons (Fsp3) is 0.478. The number of para-hydroxylation sites is 1. The lowest BCUT2D eigenvalue weighted by Gasteiger charge is -2.30. The average molecular weight is 401 g/mol. The first-order valence-electron chi connectivity index (χ1n) is 10.0. The summed E-state index contributed by atoms with van der Waals surface area (Å²) in [5.41, 5.74) is 3.50. The monoisotopic (exact) mass is 400 g/mol. The molecular formula is C23H32N2O4. The van der Waals surface area contributed by atoms with Crippen molar-refractivity contribution in [2.45, 2.75) is 18.9 Å². The first-order chi connectivity index (χ1) is 14.1. The molecule has 158 valence electrons. The summed E-state index contributed by atoms with van der Waals surface area (Å²) in [6.07, 6.45) is 1.90. The normalized spacial score (nSPS) is 15.7. The Labute approximate surface area is 173 Å². The number of ether oxygens (including phenoxy) is 4. The third-order valence-electron chi connectivity index (χ3n) is 5.23. The summed E-state index contributed by atoms with van der Waals surface area (Å²) in [6, 6.07) is 10.2. The van der Waals surface area contributed by atoms with Gasteiger partial charge in [-0.2, -0.15) is 0 Å². The molecule has 2 aromatic rings. The van der Waals surface area contributed by atoms with Crippen LogP contribution in [0.3, 0.4) is 0 Å². The zero-order valence-corrected chi connectivity index (χ0v) is 18.1. The van der Waals surface area contributed by atoms with E-state index in [9.17, 15) is 0 Å². The maximum absolute atomic E-state index is 6.09. The van der Waals surface area contributed by atoms with Crippen molar-refractivity contribution in [3.05, 3.63) is 47.0 Å². The first kappa shape index (κ1) is 21.3. The van der Waals surface area contributed by atoms with E-state index in [0.717, 1.165) is 54.5 Å². The van der Waals surface area contributed by atoms with E-state index < -0.39 is 0 Å². The van der Waals surface area contributed by atoms with Gasteiger partial charge in [-0.15, -0.1) is 0 Å². The highest BCUT2D eigenvalue weighted by Crippen LogP contribution is 2.42. The van der Waals surface area contributed by atoms with Gasteiger partial charge in [-0.05, 0) is 56.3 Å². The van der Waals surface area contributed by atoms with Crippen LogP contribution in [0.1, 0.15) is 29.2 Å². The van der Waals surface area contributed by atoms with Crippen molar-refractivity contribution in [3.8, 4) is 23.0 Å². The molecule has 2 aromatic carbocycles. The number of fused-ring (bicyclic) bond motifs is 1. The molecule has 1 aliphatic heterocycles. The van der Waals surface area contributed by atoms with Crippen LogP contribution < -0.4 is 24.3 Å². The van der Waals surface area contributed by atoms with Crippen LogP contribution in [-0.4, -0.2) is 60.0 Å². The Hall–Kier alpha value is -2.44. The van der Waals surface area contributed by atoms with Crippen molar-refractivity contribution in [2.24, 2.45) is 0 Å². The Kier molecular flexibility index (Phi) is 7.23. The minimum atomic E-state index is -0.00108. The number of methoxy groups -OCH3 is 3. The molecule has 1 aliphatic rings. The van der Waals surface area contributed by atoms with Crippen molar-refractivity contribution >= 4 is 0 Å². The molecule has 29 heavy (non-hydrogen) atoms. The van der Waals surface area contributed by atoms with Crippen molar-refractivity contribution in [2.75, 3.05) is 55.1 Å². The molecule has 0 fully saturated rings. The summed E-state index contributed by atoms with van der Waals surface area (Å²) in [6.45, 7) is 2.51. The van der Waals surface area contributed by atoms with Crippen LogP contribution in [0.25, 0.3) is 0 Å². The van der Waals surface area contributed by atoms with Gasteiger partial charge < -0.3 is 29.2 Å². The van der Waals surface area contributed by atoms with Gasteiger partial charge in [0.2, 0.25) is 0 Å². The second-order valence-corrected chi connectivity index (χ2v) is 7.43. The molecule has 0 spiro atoms. The van der Waals surface area contributed by atoms with E-state index in [1.165, 1.54) is 11.1 Å². The molecule has 1 N–H and O–H groups in total. The van der Waals surface area contributed by atoms with E-state index in [1.54, 1.807) is 21.3 Å². The van der Waals surface area contributed by atoms with Crippen molar-refractivity contribution in [1.82, 2.24) is 10.2 Å². The highest BCUT2D eigenvalue weighted by atomic mass is 16.5. The van der Waals surface area contributed by atoms with Gasteiger partial charge in [-0.1, -0.05) is 12.1 Å².